The molecule has 0 aromatic rings. The minimum absolute atomic E-state index is 0.564. The molecule has 5 aliphatic rings. The van der Waals surface area contributed by atoms with Gasteiger partial charge in [-0.2, -0.15) is 0 Å². The maximum atomic E-state index is 2.82. The van der Waals surface area contributed by atoms with Gasteiger partial charge in [-0.1, -0.05) is 67.7 Å². The normalized spacial score (nSPS) is 57.1. The van der Waals surface area contributed by atoms with Crippen molar-refractivity contribution < 1.29 is 0 Å². The first-order chi connectivity index (χ1) is 14.0. The lowest BCUT2D eigenvalue weighted by atomic mass is 9.32. The van der Waals surface area contributed by atoms with Crippen molar-refractivity contribution >= 4 is 0 Å². The fraction of sp³-hybridized carbons (Fsp3) is 1.00. The number of rotatable bonds is 2. The van der Waals surface area contributed by atoms with Crippen molar-refractivity contribution in [2.24, 2.45) is 56.7 Å². The van der Waals surface area contributed by atoms with Gasteiger partial charge in [-0.05, 0) is 121 Å². The van der Waals surface area contributed by atoms with Gasteiger partial charge in [-0.15, -0.1) is 0 Å². The van der Waals surface area contributed by atoms with Crippen molar-refractivity contribution in [1.82, 2.24) is 0 Å². The molecule has 0 spiro atoms. The molecule has 7 unspecified atom stereocenters. The topological polar surface area (TPSA) is 0 Å². The molecule has 0 aliphatic heterocycles. The highest BCUT2D eigenvalue weighted by molar-refractivity contribution is 5.18. The standard InChI is InChI=1S/C30H52/c1-8-10-21-13-18-27(4)22(21)14-19-29(6)24(27)11-12-25-28(5)17-9-16-26(2,3)23(28)15-20-30(25,29)7/h21-25H,8-20H2,1-7H3/t21-,22?,23?,24?,25?,27-,28?,29?,30?/m0/s1. The fourth-order valence-electron chi connectivity index (χ4n) is 12.1. The molecular formula is C30H52. The van der Waals surface area contributed by atoms with Gasteiger partial charge in [-0.3, -0.25) is 0 Å². The van der Waals surface area contributed by atoms with E-state index in [9.17, 15) is 0 Å². The van der Waals surface area contributed by atoms with Gasteiger partial charge in [0.1, 0.15) is 0 Å². The third-order valence-corrected chi connectivity index (χ3v) is 13.5. The Morgan fingerprint density at radius 2 is 1.23 bits per heavy atom. The first kappa shape index (κ1) is 21.8. The maximum absolute atomic E-state index is 2.82. The quantitative estimate of drug-likeness (QED) is 0.424. The summed E-state index contributed by atoms with van der Waals surface area (Å²) in [5.74, 6) is 5.00. The van der Waals surface area contributed by atoms with Crippen LogP contribution >= 0.6 is 0 Å². The molecule has 0 nitrogen and oxygen atoms in total. The van der Waals surface area contributed by atoms with Crippen molar-refractivity contribution in [2.75, 3.05) is 0 Å². The minimum Gasteiger partial charge on any atom is -0.0654 e. The second-order valence-corrected chi connectivity index (χ2v) is 14.7. The van der Waals surface area contributed by atoms with E-state index in [1.165, 1.54) is 64.2 Å². The van der Waals surface area contributed by atoms with E-state index < -0.39 is 0 Å². The lowest BCUT2D eigenvalue weighted by molar-refractivity contribution is -0.241. The molecule has 30 heavy (non-hydrogen) atoms. The van der Waals surface area contributed by atoms with Crippen LogP contribution in [0.4, 0.5) is 0 Å². The van der Waals surface area contributed by atoms with E-state index in [2.05, 4.69) is 48.5 Å². The molecule has 0 N–H and O–H groups in total. The van der Waals surface area contributed by atoms with Gasteiger partial charge in [0.25, 0.3) is 0 Å². The number of fused-ring (bicyclic) bond motifs is 7. The molecular weight excluding hydrogens is 360 g/mol. The van der Waals surface area contributed by atoms with Crippen LogP contribution in [0, 0.1) is 56.7 Å². The molecule has 172 valence electrons. The summed E-state index contributed by atoms with van der Waals surface area (Å²) in [6.45, 7) is 18.8. The zero-order valence-corrected chi connectivity index (χ0v) is 21.6. The molecule has 0 bridgehead atoms. The van der Waals surface area contributed by atoms with E-state index >= 15 is 0 Å². The third-order valence-electron chi connectivity index (χ3n) is 13.5. The molecule has 5 fully saturated rings. The van der Waals surface area contributed by atoms with Crippen molar-refractivity contribution in [3.05, 3.63) is 0 Å². The van der Waals surface area contributed by atoms with E-state index in [4.69, 9.17) is 0 Å². The molecule has 0 amide bonds. The molecule has 5 rings (SSSR count). The van der Waals surface area contributed by atoms with Crippen molar-refractivity contribution in [1.29, 1.82) is 0 Å². The Labute approximate surface area is 188 Å². The van der Waals surface area contributed by atoms with Crippen LogP contribution < -0.4 is 0 Å². The zero-order valence-electron chi connectivity index (χ0n) is 21.6. The molecule has 5 aliphatic carbocycles. The molecule has 0 aromatic heterocycles. The van der Waals surface area contributed by atoms with Crippen molar-refractivity contribution in [3.8, 4) is 0 Å². The molecule has 0 saturated heterocycles. The van der Waals surface area contributed by atoms with Crippen LogP contribution in [0.1, 0.15) is 132 Å². The summed E-state index contributed by atoms with van der Waals surface area (Å²) >= 11 is 0. The smallest absolute Gasteiger partial charge is 0.0235 e. The van der Waals surface area contributed by atoms with Crippen LogP contribution in [-0.4, -0.2) is 0 Å². The van der Waals surface area contributed by atoms with Gasteiger partial charge in [-0.25, -0.2) is 0 Å². The van der Waals surface area contributed by atoms with E-state index in [1.54, 1.807) is 19.3 Å². The van der Waals surface area contributed by atoms with Crippen LogP contribution in [0.15, 0.2) is 0 Å². The fourth-order valence-corrected chi connectivity index (χ4v) is 12.1. The predicted molar refractivity (Wildman–Crippen MR) is 129 cm³/mol. The second-order valence-electron chi connectivity index (χ2n) is 14.7. The Morgan fingerprint density at radius 3 is 1.90 bits per heavy atom. The number of hydrogen-bond donors (Lipinski definition) is 0. The van der Waals surface area contributed by atoms with Crippen molar-refractivity contribution in [2.45, 2.75) is 132 Å². The highest BCUT2D eigenvalue weighted by Gasteiger charge is 2.70. The minimum atomic E-state index is 0.564. The summed E-state index contributed by atoms with van der Waals surface area (Å²) in [5.41, 5.74) is 2.96. The van der Waals surface area contributed by atoms with E-state index in [-0.39, 0.29) is 0 Å². The first-order valence-corrected chi connectivity index (χ1v) is 14.0. The summed E-state index contributed by atoms with van der Waals surface area (Å²) in [5, 5.41) is 0. The Balaban J connectivity index is 1.50. The van der Waals surface area contributed by atoms with Gasteiger partial charge in [0.2, 0.25) is 0 Å². The molecule has 0 heteroatoms. The summed E-state index contributed by atoms with van der Waals surface area (Å²) < 4.78 is 0. The predicted octanol–water partition coefficient (Wildman–Crippen LogP) is 9.28. The lowest BCUT2D eigenvalue weighted by Crippen LogP contribution is -2.65. The van der Waals surface area contributed by atoms with Gasteiger partial charge in [0.05, 0.1) is 0 Å². The van der Waals surface area contributed by atoms with Gasteiger partial charge < -0.3 is 0 Å². The van der Waals surface area contributed by atoms with Gasteiger partial charge >= 0.3 is 0 Å². The van der Waals surface area contributed by atoms with E-state index in [0.29, 0.717) is 27.1 Å². The Hall–Kier alpha value is 0. The Bertz CT molecular complexity index is 676. The van der Waals surface area contributed by atoms with Crippen LogP contribution in [-0.2, 0) is 0 Å². The highest BCUT2D eigenvalue weighted by Crippen LogP contribution is 2.77. The monoisotopic (exact) mass is 412 g/mol. The highest BCUT2D eigenvalue weighted by atomic mass is 14.7. The maximum Gasteiger partial charge on any atom is -0.0235 e. The zero-order chi connectivity index (χ0) is 21.6. The average molecular weight is 413 g/mol. The van der Waals surface area contributed by atoms with Gasteiger partial charge in [0.15, 0.2) is 0 Å². The summed E-state index contributed by atoms with van der Waals surface area (Å²) in [4.78, 5) is 0. The van der Waals surface area contributed by atoms with E-state index in [1.807, 2.05) is 0 Å². The van der Waals surface area contributed by atoms with Crippen LogP contribution in [0.5, 0.6) is 0 Å². The van der Waals surface area contributed by atoms with Crippen LogP contribution in [0.25, 0.3) is 0 Å². The summed E-state index contributed by atoms with van der Waals surface area (Å²) in [7, 11) is 0. The largest absolute Gasteiger partial charge is 0.0654 e. The number of hydrogen-bond acceptors (Lipinski definition) is 0. The molecule has 5 saturated carbocycles. The Kier molecular flexibility index (Phi) is 4.92. The molecule has 0 heterocycles. The Morgan fingerprint density at radius 1 is 0.600 bits per heavy atom. The SMILES string of the molecule is CCC[C@H]1CC[C@@]2(C)C1CCC1(C)C2CCC2C3(C)CCCC(C)(C)C3CCC21C. The summed E-state index contributed by atoms with van der Waals surface area (Å²) in [6.07, 6.45) is 19.6. The molecule has 0 aromatic carbocycles. The lowest BCUT2D eigenvalue weighted by Gasteiger charge is -2.73. The third kappa shape index (κ3) is 2.58. The van der Waals surface area contributed by atoms with E-state index in [0.717, 1.165) is 29.6 Å². The summed E-state index contributed by atoms with van der Waals surface area (Å²) in [6, 6.07) is 0. The van der Waals surface area contributed by atoms with Crippen LogP contribution in [0.3, 0.4) is 0 Å². The molecule has 0 radical (unpaired) electrons. The molecule has 9 atom stereocenters. The first-order valence-electron chi connectivity index (χ1n) is 14.0. The average Bonchev–Trinajstić information content (AvgIpc) is 2.98. The second kappa shape index (κ2) is 6.76. The van der Waals surface area contributed by atoms with Crippen molar-refractivity contribution in [3.63, 3.8) is 0 Å². The van der Waals surface area contributed by atoms with Crippen LogP contribution in [0.2, 0.25) is 0 Å². The van der Waals surface area contributed by atoms with Gasteiger partial charge in [0, 0.05) is 0 Å².